The van der Waals surface area contributed by atoms with Crippen LogP contribution in [0.25, 0.3) is 0 Å². The number of amides is 2. The number of halogens is 1. The van der Waals surface area contributed by atoms with Crippen molar-refractivity contribution in [1.29, 1.82) is 0 Å². The number of carbonyl (C=O) groups is 2. The second-order valence-electron chi connectivity index (χ2n) is 6.76. The van der Waals surface area contributed by atoms with E-state index >= 15 is 0 Å². The SMILES string of the molecule is CC(C)(C)C(=O)/N=C1/c2cccc(Br)c2NC(=O)C1(C)C. The van der Waals surface area contributed by atoms with Gasteiger partial charge in [0.05, 0.1) is 16.8 Å². The Kier molecular flexibility index (Phi) is 3.82. The molecule has 21 heavy (non-hydrogen) atoms. The zero-order chi connectivity index (χ0) is 16.0. The Morgan fingerprint density at radius 1 is 1.29 bits per heavy atom. The Labute approximate surface area is 133 Å². The molecule has 1 aliphatic heterocycles. The molecule has 0 bridgehead atoms. The summed E-state index contributed by atoms with van der Waals surface area (Å²) in [4.78, 5) is 28.9. The fourth-order valence-electron chi connectivity index (χ4n) is 2.03. The van der Waals surface area contributed by atoms with Crippen LogP contribution in [-0.4, -0.2) is 17.5 Å². The number of benzene rings is 1. The van der Waals surface area contributed by atoms with Gasteiger partial charge in [0.2, 0.25) is 5.91 Å². The summed E-state index contributed by atoms with van der Waals surface area (Å²) in [6.07, 6.45) is 0. The Morgan fingerprint density at radius 2 is 1.90 bits per heavy atom. The molecule has 1 aromatic rings. The minimum atomic E-state index is -0.852. The molecule has 2 amide bonds. The van der Waals surface area contributed by atoms with E-state index in [-0.39, 0.29) is 11.8 Å². The molecule has 0 radical (unpaired) electrons. The number of hydrogen-bond acceptors (Lipinski definition) is 2. The smallest absolute Gasteiger partial charge is 0.251 e. The fourth-order valence-corrected chi connectivity index (χ4v) is 2.50. The maximum absolute atomic E-state index is 12.3. The van der Waals surface area contributed by atoms with Crippen molar-refractivity contribution >= 4 is 39.1 Å². The number of rotatable bonds is 0. The maximum atomic E-state index is 12.3. The van der Waals surface area contributed by atoms with Crippen LogP contribution in [-0.2, 0) is 9.59 Å². The molecule has 0 saturated heterocycles. The van der Waals surface area contributed by atoms with Gasteiger partial charge in [0.15, 0.2) is 0 Å². The second kappa shape index (κ2) is 5.05. The van der Waals surface area contributed by atoms with Crippen molar-refractivity contribution in [3.05, 3.63) is 28.2 Å². The second-order valence-corrected chi connectivity index (χ2v) is 7.61. The van der Waals surface area contributed by atoms with Gasteiger partial charge in [-0.1, -0.05) is 32.9 Å². The van der Waals surface area contributed by atoms with Gasteiger partial charge in [-0.3, -0.25) is 9.59 Å². The lowest BCUT2D eigenvalue weighted by atomic mass is 9.78. The highest BCUT2D eigenvalue weighted by Gasteiger charge is 2.41. The summed E-state index contributed by atoms with van der Waals surface area (Å²) < 4.78 is 0.778. The molecule has 0 aromatic heterocycles. The molecule has 4 nitrogen and oxygen atoms in total. The van der Waals surface area contributed by atoms with E-state index in [1.54, 1.807) is 13.8 Å². The lowest BCUT2D eigenvalue weighted by Gasteiger charge is -2.33. The van der Waals surface area contributed by atoms with Crippen LogP contribution < -0.4 is 5.32 Å². The van der Waals surface area contributed by atoms with Crippen LogP contribution in [0.4, 0.5) is 5.69 Å². The molecule has 0 spiro atoms. The molecule has 2 rings (SSSR count). The van der Waals surface area contributed by atoms with E-state index in [4.69, 9.17) is 0 Å². The highest BCUT2D eigenvalue weighted by atomic mass is 79.9. The van der Waals surface area contributed by atoms with Crippen molar-refractivity contribution in [3.63, 3.8) is 0 Å². The molecule has 1 heterocycles. The topological polar surface area (TPSA) is 58.5 Å². The van der Waals surface area contributed by atoms with E-state index in [1.165, 1.54) is 0 Å². The normalized spacial score (nSPS) is 19.1. The Bertz CT molecular complexity index is 655. The molecular weight excluding hydrogens is 332 g/mol. The van der Waals surface area contributed by atoms with E-state index < -0.39 is 10.8 Å². The first-order valence-corrected chi connectivity index (χ1v) is 7.58. The lowest BCUT2D eigenvalue weighted by molar-refractivity contribution is -0.124. The number of carbonyl (C=O) groups excluding carboxylic acids is 2. The molecule has 5 heteroatoms. The maximum Gasteiger partial charge on any atom is 0.251 e. The van der Waals surface area contributed by atoms with Gasteiger partial charge in [0.1, 0.15) is 0 Å². The summed E-state index contributed by atoms with van der Waals surface area (Å²) in [5, 5.41) is 2.88. The summed E-state index contributed by atoms with van der Waals surface area (Å²) in [5.41, 5.74) is 0.536. The first-order chi connectivity index (χ1) is 9.55. The van der Waals surface area contributed by atoms with Crippen LogP contribution in [0.2, 0.25) is 0 Å². The zero-order valence-electron chi connectivity index (χ0n) is 12.9. The minimum absolute atomic E-state index is 0.164. The van der Waals surface area contributed by atoms with Gasteiger partial charge in [-0.25, -0.2) is 4.99 Å². The number of fused-ring (bicyclic) bond motifs is 1. The van der Waals surface area contributed by atoms with E-state index in [0.29, 0.717) is 11.4 Å². The van der Waals surface area contributed by atoms with Gasteiger partial charge >= 0.3 is 0 Å². The average molecular weight is 351 g/mol. The first-order valence-electron chi connectivity index (χ1n) is 6.79. The standard InChI is InChI=1S/C16H19BrN2O2/c1-15(2,3)13(20)19-12-9-7-6-8-10(17)11(9)18-14(21)16(12,4)5/h6-8H,1-5H3,(H,18,21)/b19-12-. The predicted molar refractivity (Wildman–Crippen MR) is 87.6 cm³/mol. The number of nitrogens with zero attached hydrogens (tertiary/aromatic N) is 1. The van der Waals surface area contributed by atoms with E-state index in [0.717, 1.165) is 10.0 Å². The molecule has 1 aliphatic rings. The van der Waals surface area contributed by atoms with Crippen LogP contribution in [0.3, 0.4) is 0 Å². The van der Waals surface area contributed by atoms with Gasteiger partial charge in [0, 0.05) is 15.5 Å². The van der Waals surface area contributed by atoms with Crippen LogP contribution in [0, 0.1) is 10.8 Å². The number of nitrogens with one attached hydrogen (secondary N) is 1. The van der Waals surface area contributed by atoms with Crippen molar-refractivity contribution in [3.8, 4) is 0 Å². The van der Waals surface area contributed by atoms with E-state index in [9.17, 15) is 9.59 Å². The highest BCUT2D eigenvalue weighted by molar-refractivity contribution is 9.10. The number of aliphatic imine (C=N–C) groups is 1. The van der Waals surface area contributed by atoms with Crippen LogP contribution in [0.5, 0.6) is 0 Å². The third-order valence-electron chi connectivity index (χ3n) is 3.52. The molecule has 0 atom stereocenters. The van der Waals surface area contributed by atoms with Gasteiger partial charge in [-0.05, 0) is 35.8 Å². The van der Waals surface area contributed by atoms with Gasteiger partial charge in [-0.15, -0.1) is 0 Å². The van der Waals surface area contributed by atoms with Crippen molar-refractivity contribution in [2.45, 2.75) is 34.6 Å². The van der Waals surface area contributed by atoms with Crippen molar-refractivity contribution in [2.24, 2.45) is 15.8 Å². The summed E-state index contributed by atoms with van der Waals surface area (Å²) >= 11 is 3.43. The molecule has 112 valence electrons. The summed E-state index contributed by atoms with van der Waals surface area (Å²) in [5.74, 6) is -0.395. The molecule has 1 aromatic carbocycles. The first kappa shape index (κ1) is 15.9. The largest absolute Gasteiger partial charge is 0.324 e. The van der Waals surface area contributed by atoms with Crippen LogP contribution in [0.1, 0.15) is 40.2 Å². The molecule has 0 fully saturated rings. The van der Waals surface area contributed by atoms with Crippen molar-refractivity contribution in [2.75, 3.05) is 5.32 Å². The van der Waals surface area contributed by atoms with Crippen LogP contribution in [0.15, 0.2) is 27.7 Å². The average Bonchev–Trinajstić information content (AvgIpc) is 2.35. The van der Waals surface area contributed by atoms with E-state index in [2.05, 4.69) is 26.2 Å². The monoisotopic (exact) mass is 350 g/mol. The molecule has 0 unspecified atom stereocenters. The van der Waals surface area contributed by atoms with Crippen molar-refractivity contribution in [1.82, 2.24) is 0 Å². The Hall–Kier alpha value is -1.49. The fraction of sp³-hybridized carbons (Fsp3) is 0.438. The predicted octanol–water partition coefficient (Wildman–Crippen LogP) is 3.79. The minimum Gasteiger partial charge on any atom is -0.324 e. The number of para-hydroxylation sites is 1. The summed E-state index contributed by atoms with van der Waals surface area (Å²) in [7, 11) is 0. The Balaban J connectivity index is 2.68. The molecule has 0 aliphatic carbocycles. The highest BCUT2D eigenvalue weighted by Crippen LogP contribution is 2.38. The number of anilines is 1. The van der Waals surface area contributed by atoms with Gasteiger partial charge in [-0.2, -0.15) is 0 Å². The lowest BCUT2D eigenvalue weighted by Crippen LogP contribution is -2.44. The summed E-state index contributed by atoms with van der Waals surface area (Å²) in [6.45, 7) is 9.01. The van der Waals surface area contributed by atoms with E-state index in [1.807, 2.05) is 39.0 Å². The van der Waals surface area contributed by atoms with Gasteiger partial charge < -0.3 is 5.32 Å². The van der Waals surface area contributed by atoms with Gasteiger partial charge in [0.25, 0.3) is 5.91 Å². The van der Waals surface area contributed by atoms with Crippen LogP contribution >= 0.6 is 15.9 Å². The third-order valence-corrected chi connectivity index (χ3v) is 4.18. The summed E-state index contributed by atoms with van der Waals surface area (Å²) in [6, 6.07) is 5.59. The molecule has 1 N–H and O–H groups in total. The number of hydrogen-bond donors (Lipinski definition) is 1. The quantitative estimate of drug-likeness (QED) is 0.773. The zero-order valence-corrected chi connectivity index (χ0v) is 14.5. The Morgan fingerprint density at radius 3 is 2.48 bits per heavy atom. The molecule has 0 saturated carbocycles. The molecular formula is C16H19BrN2O2. The van der Waals surface area contributed by atoms with Crippen molar-refractivity contribution < 1.29 is 9.59 Å². The third kappa shape index (κ3) is 2.79.